The molecule has 0 aromatic carbocycles. The molecule has 0 spiro atoms. The topological polar surface area (TPSA) is 24.9 Å². The first-order valence-corrected chi connectivity index (χ1v) is 6.71. The summed E-state index contributed by atoms with van der Waals surface area (Å²) in [7, 11) is 0. The third kappa shape index (κ3) is 4.86. The molecule has 0 saturated heterocycles. The minimum atomic E-state index is 0.468. The third-order valence-electron chi connectivity index (χ3n) is 2.85. The molecular weight excluding hydrogens is 208 g/mol. The van der Waals surface area contributed by atoms with Crippen LogP contribution in [0.3, 0.4) is 0 Å². The highest BCUT2D eigenvalue weighted by Gasteiger charge is 2.13. The number of hydrogen-bond donors (Lipinski definition) is 1. The van der Waals surface area contributed by atoms with Gasteiger partial charge in [-0.1, -0.05) is 20.8 Å². The highest BCUT2D eigenvalue weighted by Crippen LogP contribution is 2.22. The summed E-state index contributed by atoms with van der Waals surface area (Å²) in [5, 5.41) is 3.64. The molecule has 96 valence electrons. The van der Waals surface area contributed by atoms with Gasteiger partial charge in [-0.25, -0.2) is 0 Å². The predicted octanol–water partition coefficient (Wildman–Crippen LogP) is 3.79. The van der Waals surface area contributed by atoms with Gasteiger partial charge in [-0.15, -0.1) is 0 Å². The van der Waals surface area contributed by atoms with Crippen molar-refractivity contribution in [1.82, 2.24) is 10.3 Å². The molecule has 2 nitrogen and oxygen atoms in total. The zero-order chi connectivity index (χ0) is 12.8. The number of pyridine rings is 1. The van der Waals surface area contributed by atoms with Crippen LogP contribution >= 0.6 is 0 Å². The van der Waals surface area contributed by atoms with Gasteiger partial charge in [0.15, 0.2) is 0 Å². The number of nitrogens with zero attached hydrogens (tertiary/aromatic N) is 1. The maximum atomic E-state index is 4.45. The summed E-state index contributed by atoms with van der Waals surface area (Å²) in [5.41, 5.74) is 3.62. The van der Waals surface area contributed by atoms with Crippen molar-refractivity contribution in [3.63, 3.8) is 0 Å². The van der Waals surface area contributed by atoms with Crippen LogP contribution in [0.25, 0.3) is 0 Å². The van der Waals surface area contributed by atoms with E-state index in [0.717, 1.165) is 17.9 Å². The zero-order valence-corrected chi connectivity index (χ0v) is 11.9. The molecule has 1 aromatic rings. The van der Waals surface area contributed by atoms with Crippen LogP contribution < -0.4 is 5.32 Å². The fourth-order valence-corrected chi connectivity index (χ4v) is 2.20. The van der Waals surface area contributed by atoms with Crippen molar-refractivity contribution in [2.45, 2.75) is 53.5 Å². The van der Waals surface area contributed by atoms with Gasteiger partial charge in [0.05, 0.1) is 0 Å². The average molecular weight is 234 g/mol. The number of nitrogens with one attached hydrogen (secondary N) is 1. The van der Waals surface area contributed by atoms with Crippen LogP contribution in [0.1, 0.15) is 56.6 Å². The van der Waals surface area contributed by atoms with E-state index in [-0.39, 0.29) is 0 Å². The first-order chi connectivity index (χ1) is 8.02. The van der Waals surface area contributed by atoms with E-state index in [1.807, 2.05) is 0 Å². The van der Waals surface area contributed by atoms with Crippen LogP contribution in [0.4, 0.5) is 0 Å². The van der Waals surface area contributed by atoms with E-state index < -0.39 is 0 Å². The summed E-state index contributed by atoms with van der Waals surface area (Å²) in [6.45, 7) is 12.0. The van der Waals surface area contributed by atoms with E-state index in [2.05, 4.69) is 57.1 Å². The highest BCUT2D eigenvalue weighted by molar-refractivity contribution is 5.23. The van der Waals surface area contributed by atoms with E-state index in [1.54, 1.807) is 0 Å². The molecule has 0 radical (unpaired) electrons. The van der Waals surface area contributed by atoms with Gasteiger partial charge >= 0.3 is 0 Å². The molecule has 1 atom stereocenters. The van der Waals surface area contributed by atoms with Crippen LogP contribution in [-0.4, -0.2) is 11.5 Å². The summed E-state index contributed by atoms with van der Waals surface area (Å²) < 4.78 is 0. The second kappa shape index (κ2) is 6.75. The maximum Gasteiger partial charge on any atom is 0.0379 e. The van der Waals surface area contributed by atoms with Crippen molar-refractivity contribution in [3.8, 4) is 0 Å². The van der Waals surface area contributed by atoms with Gasteiger partial charge < -0.3 is 5.32 Å². The normalized spacial score (nSPS) is 13.1. The van der Waals surface area contributed by atoms with Gasteiger partial charge in [0.1, 0.15) is 0 Å². The SMILES string of the molecule is CCCNC(CC(C)C)c1cc(C)nc(C)c1. The van der Waals surface area contributed by atoms with Crippen molar-refractivity contribution in [1.29, 1.82) is 0 Å². The van der Waals surface area contributed by atoms with Crippen LogP contribution in [0.2, 0.25) is 0 Å². The lowest BCUT2D eigenvalue weighted by Gasteiger charge is -2.21. The molecular formula is C15H26N2. The molecule has 1 unspecified atom stereocenters. The summed E-state index contributed by atoms with van der Waals surface area (Å²) in [4.78, 5) is 4.45. The van der Waals surface area contributed by atoms with Gasteiger partial charge in [-0.3, -0.25) is 4.98 Å². The lowest BCUT2D eigenvalue weighted by Crippen LogP contribution is -2.23. The van der Waals surface area contributed by atoms with Gasteiger partial charge in [0.25, 0.3) is 0 Å². The van der Waals surface area contributed by atoms with E-state index in [9.17, 15) is 0 Å². The van der Waals surface area contributed by atoms with Gasteiger partial charge in [0.2, 0.25) is 0 Å². The molecule has 0 aliphatic carbocycles. The van der Waals surface area contributed by atoms with Crippen LogP contribution in [0, 0.1) is 19.8 Å². The van der Waals surface area contributed by atoms with E-state index in [4.69, 9.17) is 0 Å². The summed E-state index contributed by atoms with van der Waals surface area (Å²) in [6, 6.07) is 4.89. The molecule has 0 aliphatic rings. The Bertz CT molecular complexity index is 325. The number of aryl methyl sites for hydroxylation is 2. The minimum absolute atomic E-state index is 0.468. The first-order valence-electron chi connectivity index (χ1n) is 6.71. The molecule has 0 aliphatic heterocycles. The molecule has 0 amide bonds. The lowest BCUT2D eigenvalue weighted by atomic mass is 9.96. The minimum Gasteiger partial charge on any atom is -0.310 e. The Labute approximate surface area is 106 Å². The monoisotopic (exact) mass is 234 g/mol. The molecule has 2 heteroatoms. The second-order valence-electron chi connectivity index (χ2n) is 5.32. The number of aromatic nitrogens is 1. The van der Waals surface area contributed by atoms with Crippen LogP contribution in [0.15, 0.2) is 12.1 Å². The van der Waals surface area contributed by atoms with Gasteiger partial charge in [0, 0.05) is 17.4 Å². The second-order valence-corrected chi connectivity index (χ2v) is 5.32. The molecule has 0 saturated carbocycles. The Morgan fingerprint density at radius 3 is 2.24 bits per heavy atom. The van der Waals surface area contributed by atoms with E-state index in [0.29, 0.717) is 12.0 Å². The molecule has 1 heterocycles. The largest absolute Gasteiger partial charge is 0.310 e. The van der Waals surface area contributed by atoms with Crippen molar-refractivity contribution >= 4 is 0 Å². The Kier molecular flexibility index (Phi) is 5.63. The summed E-state index contributed by atoms with van der Waals surface area (Å²) >= 11 is 0. The lowest BCUT2D eigenvalue weighted by molar-refractivity contribution is 0.429. The predicted molar refractivity (Wildman–Crippen MR) is 74.2 cm³/mol. The number of hydrogen-bond acceptors (Lipinski definition) is 2. The molecule has 1 aromatic heterocycles. The van der Waals surface area contributed by atoms with Crippen LogP contribution in [-0.2, 0) is 0 Å². The fourth-order valence-electron chi connectivity index (χ4n) is 2.20. The quantitative estimate of drug-likeness (QED) is 0.810. The molecule has 0 bridgehead atoms. The third-order valence-corrected chi connectivity index (χ3v) is 2.85. The summed E-state index contributed by atoms with van der Waals surface area (Å²) in [5.74, 6) is 0.707. The maximum absolute atomic E-state index is 4.45. The number of rotatable bonds is 6. The van der Waals surface area contributed by atoms with E-state index >= 15 is 0 Å². The van der Waals surface area contributed by atoms with Crippen LogP contribution in [0.5, 0.6) is 0 Å². The summed E-state index contributed by atoms with van der Waals surface area (Å²) in [6.07, 6.45) is 2.36. The van der Waals surface area contributed by atoms with Crippen molar-refractivity contribution in [3.05, 3.63) is 29.1 Å². The molecule has 1 rings (SSSR count). The van der Waals surface area contributed by atoms with Gasteiger partial charge in [-0.2, -0.15) is 0 Å². The smallest absolute Gasteiger partial charge is 0.0379 e. The molecule has 17 heavy (non-hydrogen) atoms. The standard InChI is InChI=1S/C15H26N2/c1-6-7-16-15(8-11(2)3)14-9-12(4)17-13(5)10-14/h9-11,15-16H,6-8H2,1-5H3. The van der Waals surface area contributed by atoms with Crippen molar-refractivity contribution in [2.75, 3.05) is 6.54 Å². The Hall–Kier alpha value is -0.890. The zero-order valence-electron chi connectivity index (χ0n) is 11.9. The Balaban J connectivity index is 2.86. The van der Waals surface area contributed by atoms with Crippen molar-refractivity contribution in [2.24, 2.45) is 5.92 Å². The average Bonchev–Trinajstić information content (AvgIpc) is 2.22. The molecule has 0 fully saturated rings. The highest BCUT2D eigenvalue weighted by atomic mass is 14.9. The van der Waals surface area contributed by atoms with E-state index in [1.165, 1.54) is 18.4 Å². The fraction of sp³-hybridized carbons (Fsp3) is 0.667. The van der Waals surface area contributed by atoms with Gasteiger partial charge in [-0.05, 0) is 56.8 Å². The Morgan fingerprint density at radius 2 is 1.76 bits per heavy atom. The first kappa shape index (κ1) is 14.2. The Morgan fingerprint density at radius 1 is 1.18 bits per heavy atom. The van der Waals surface area contributed by atoms with Crippen molar-refractivity contribution < 1.29 is 0 Å². The molecule has 1 N–H and O–H groups in total.